The maximum atomic E-state index is 12.4. The fourth-order valence-corrected chi connectivity index (χ4v) is 5.38. The number of rotatable bonds is 6. The number of hydrogen-bond acceptors (Lipinski definition) is 8. The molecule has 5 rings (SSSR count). The van der Waals surface area contributed by atoms with Crippen molar-refractivity contribution in [3.05, 3.63) is 52.6 Å². The molecule has 168 valence electrons. The number of fused-ring (bicyclic) bond motifs is 2. The molecular formula is C22H21N7O2S2. The van der Waals surface area contributed by atoms with E-state index in [-0.39, 0.29) is 11.9 Å². The minimum atomic E-state index is -0.350. The molecule has 0 fully saturated rings. The Bertz CT molecular complexity index is 1330. The van der Waals surface area contributed by atoms with Crippen molar-refractivity contribution in [2.45, 2.75) is 19.8 Å². The number of thiazole rings is 1. The van der Waals surface area contributed by atoms with E-state index >= 15 is 0 Å². The Hall–Kier alpha value is -3.57. The quantitative estimate of drug-likeness (QED) is 0.379. The number of thiophene rings is 1. The minimum absolute atomic E-state index is 0.0267. The Morgan fingerprint density at radius 1 is 1.15 bits per heavy atom. The first-order valence-electron chi connectivity index (χ1n) is 10.4. The van der Waals surface area contributed by atoms with E-state index in [2.05, 4.69) is 30.9 Å². The highest BCUT2D eigenvalue weighted by molar-refractivity contribution is 7.17. The molecular weight excluding hydrogens is 458 g/mol. The van der Waals surface area contributed by atoms with Gasteiger partial charge in [-0.15, -0.1) is 22.7 Å². The summed E-state index contributed by atoms with van der Waals surface area (Å²) in [6.07, 6.45) is 4.87. The van der Waals surface area contributed by atoms with Gasteiger partial charge in [-0.1, -0.05) is 0 Å². The van der Waals surface area contributed by atoms with Crippen LogP contribution in [0.15, 0.2) is 42.2 Å². The largest absolute Gasteiger partial charge is 0.368 e. The number of aromatic nitrogens is 3. The van der Waals surface area contributed by atoms with Crippen LogP contribution in [0.25, 0.3) is 10.2 Å². The number of amides is 3. The summed E-state index contributed by atoms with van der Waals surface area (Å²) in [5.74, 6) is 0.858. The van der Waals surface area contributed by atoms with Gasteiger partial charge in [0.15, 0.2) is 5.13 Å². The molecule has 0 atom stereocenters. The summed E-state index contributed by atoms with van der Waals surface area (Å²) >= 11 is 3.05. The van der Waals surface area contributed by atoms with Crippen molar-refractivity contribution in [1.29, 1.82) is 0 Å². The number of hydrogen-bond donors (Lipinski definition) is 3. The fraction of sp³-hybridized carbons (Fsp3) is 0.227. The first kappa shape index (κ1) is 21.3. The van der Waals surface area contributed by atoms with Crippen molar-refractivity contribution in [2.24, 2.45) is 0 Å². The van der Waals surface area contributed by atoms with Crippen molar-refractivity contribution >= 4 is 67.2 Å². The monoisotopic (exact) mass is 479 g/mol. The molecule has 0 bridgehead atoms. The average molecular weight is 480 g/mol. The molecule has 1 aliphatic heterocycles. The molecule has 0 saturated carbocycles. The van der Waals surface area contributed by atoms with Crippen LogP contribution in [-0.4, -0.2) is 40.0 Å². The summed E-state index contributed by atoms with van der Waals surface area (Å²) in [7, 11) is 0. The average Bonchev–Trinajstić information content (AvgIpc) is 3.53. The van der Waals surface area contributed by atoms with Gasteiger partial charge in [0.05, 0.1) is 10.2 Å². The minimum Gasteiger partial charge on any atom is -0.368 e. The zero-order chi connectivity index (χ0) is 22.8. The molecule has 0 spiro atoms. The van der Waals surface area contributed by atoms with Crippen molar-refractivity contribution in [3.8, 4) is 0 Å². The molecule has 0 saturated heterocycles. The van der Waals surface area contributed by atoms with Gasteiger partial charge in [-0.25, -0.2) is 19.7 Å². The summed E-state index contributed by atoms with van der Waals surface area (Å²) in [4.78, 5) is 39.8. The Morgan fingerprint density at radius 2 is 2.06 bits per heavy atom. The molecule has 3 N–H and O–H groups in total. The molecule has 0 unspecified atom stereocenters. The van der Waals surface area contributed by atoms with Gasteiger partial charge >= 0.3 is 6.03 Å². The second-order valence-electron chi connectivity index (χ2n) is 7.51. The summed E-state index contributed by atoms with van der Waals surface area (Å²) in [5, 5.41) is 11.5. The third-order valence-corrected chi connectivity index (χ3v) is 7.18. The molecule has 1 aromatic carbocycles. The van der Waals surface area contributed by atoms with Gasteiger partial charge in [0, 0.05) is 48.9 Å². The van der Waals surface area contributed by atoms with Gasteiger partial charge in [-0.3, -0.25) is 10.1 Å². The summed E-state index contributed by atoms with van der Waals surface area (Å²) < 4.78 is 1.04. The summed E-state index contributed by atoms with van der Waals surface area (Å²) in [6, 6.07) is 7.21. The lowest BCUT2D eigenvalue weighted by molar-refractivity contribution is -0.116. The third kappa shape index (κ3) is 4.64. The van der Waals surface area contributed by atoms with Crippen LogP contribution in [0.4, 0.5) is 27.1 Å². The van der Waals surface area contributed by atoms with Crippen LogP contribution in [0.3, 0.4) is 0 Å². The fourth-order valence-electron chi connectivity index (χ4n) is 3.77. The lowest BCUT2D eigenvalue weighted by Gasteiger charge is -2.15. The van der Waals surface area contributed by atoms with Gasteiger partial charge in [-0.05, 0) is 41.6 Å². The second kappa shape index (κ2) is 9.12. The van der Waals surface area contributed by atoms with Crippen LogP contribution in [0.1, 0.15) is 17.4 Å². The highest BCUT2D eigenvalue weighted by Crippen LogP contribution is 2.30. The smallest absolute Gasteiger partial charge is 0.325 e. The Balaban J connectivity index is 1.14. The van der Waals surface area contributed by atoms with Crippen LogP contribution >= 0.6 is 22.7 Å². The van der Waals surface area contributed by atoms with E-state index in [9.17, 15) is 9.59 Å². The van der Waals surface area contributed by atoms with Crippen LogP contribution in [0, 0.1) is 0 Å². The van der Waals surface area contributed by atoms with Gasteiger partial charge < -0.3 is 15.5 Å². The van der Waals surface area contributed by atoms with Crippen LogP contribution in [-0.2, 0) is 17.6 Å². The number of benzene rings is 1. The SMILES string of the molecule is CC(=O)N1CCc2cc(NC(=O)Nc3ncc(CCNc4ncnc5ccsc45)s3)ccc21. The van der Waals surface area contributed by atoms with Crippen molar-refractivity contribution in [1.82, 2.24) is 15.0 Å². The van der Waals surface area contributed by atoms with Gasteiger partial charge in [0.2, 0.25) is 5.91 Å². The van der Waals surface area contributed by atoms with E-state index in [1.807, 2.05) is 23.6 Å². The Labute approximate surface area is 197 Å². The molecule has 0 radical (unpaired) electrons. The highest BCUT2D eigenvalue weighted by Gasteiger charge is 2.22. The lowest BCUT2D eigenvalue weighted by atomic mass is 10.1. The maximum absolute atomic E-state index is 12.4. The van der Waals surface area contributed by atoms with Crippen LogP contribution < -0.4 is 20.9 Å². The number of carbonyl (C=O) groups excluding carboxylic acids is 2. The zero-order valence-electron chi connectivity index (χ0n) is 17.8. The van der Waals surface area contributed by atoms with Crippen molar-refractivity contribution in [3.63, 3.8) is 0 Å². The number of nitrogens with zero attached hydrogens (tertiary/aromatic N) is 4. The van der Waals surface area contributed by atoms with E-state index < -0.39 is 0 Å². The van der Waals surface area contributed by atoms with E-state index in [4.69, 9.17) is 0 Å². The molecule has 4 aromatic rings. The molecule has 3 amide bonds. The topological polar surface area (TPSA) is 112 Å². The van der Waals surface area contributed by atoms with Crippen molar-refractivity contribution < 1.29 is 9.59 Å². The third-order valence-electron chi connectivity index (χ3n) is 5.29. The predicted molar refractivity (Wildman–Crippen MR) is 133 cm³/mol. The zero-order valence-corrected chi connectivity index (χ0v) is 19.4. The van der Waals surface area contributed by atoms with E-state index in [0.717, 1.165) is 45.0 Å². The number of urea groups is 1. The molecule has 4 heterocycles. The number of nitrogens with one attached hydrogen (secondary N) is 3. The molecule has 0 aliphatic carbocycles. The first-order valence-corrected chi connectivity index (χ1v) is 12.1. The Morgan fingerprint density at radius 3 is 2.94 bits per heavy atom. The summed E-state index contributed by atoms with van der Waals surface area (Å²) in [6.45, 7) is 2.93. The standard InChI is InChI=1S/C22H21N7O2S2/c1-13(30)29-8-5-14-10-15(2-3-18(14)29)27-21(31)28-22-24-11-16(33-22)4-7-23-20-19-17(6-9-32-19)25-12-26-20/h2-3,6,9-12H,4-5,7-8H2,1H3,(H,23,25,26)(H2,24,27,28,31). The normalized spacial score (nSPS) is 12.6. The van der Waals surface area contributed by atoms with E-state index in [0.29, 0.717) is 23.9 Å². The second-order valence-corrected chi connectivity index (χ2v) is 9.54. The van der Waals surface area contributed by atoms with Gasteiger partial charge in [-0.2, -0.15) is 0 Å². The highest BCUT2D eigenvalue weighted by atomic mass is 32.1. The van der Waals surface area contributed by atoms with Gasteiger partial charge in [0.25, 0.3) is 0 Å². The maximum Gasteiger partial charge on any atom is 0.325 e. The number of carbonyl (C=O) groups is 2. The van der Waals surface area contributed by atoms with Gasteiger partial charge in [0.1, 0.15) is 12.1 Å². The number of anilines is 4. The molecule has 3 aromatic heterocycles. The predicted octanol–water partition coefficient (Wildman–Crippen LogP) is 4.36. The molecule has 33 heavy (non-hydrogen) atoms. The van der Waals surface area contributed by atoms with E-state index in [1.54, 1.807) is 41.8 Å². The van der Waals surface area contributed by atoms with Crippen molar-refractivity contribution in [2.75, 3.05) is 33.9 Å². The Kier molecular flexibility index (Phi) is 5.88. The molecule has 9 nitrogen and oxygen atoms in total. The van der Waals surface area contributed by atoms with E-state index in [1.165, 1.54) is 11.3 Å². The molecule has 1 aliphatic rings. The first-order chi connectivity index (χ1) is 16.1. The summed E-state index contributed by atoms with van der Waals surface area (Å²) in [5.41, 5.74) is 3.58. The van der Waals surface area contributed by atoms with Crippen LogP contribution in [0.5, 0.6) is 0 Å². The lowest BCUT2D eigenvalue weighted by Crippen LogP contribution is -2.25. The van der Waals surface area contributed by atoms with Crippen LogP contribution in [0.2, 0.25) is 0 Å². The molecule has 11 heteroatoms.